The maximum Gasteiger partial charge on any atom is 0.196 e. The van der Waals surface area contributed by atoms with E-state index in [-0.39, 0.29) is 6.04 Å². The molecule has 104 valence electrons. The second kappa shape index (κ2) is 5.22. The highest BCUT2D eigenvalue weighted by Crippen LogP contribution is 2.37. The molecule has 2 aromatic rings. The fourth-order valence-electron chi connectivity index (χ4n) is 2.45. The Morgan fingerprint density at radius 1 is 1.35 bits per heavy atom. The molecule has 20 heavy (non-hydrogen) atoms. The highest BCUT2D eigenvalue weighted by molar-refractivity contribution is 9.10. The summed E-state index contributed by atoms with van der Waals surface area (Å²) in [6.45, 7) is 4.92. The molecular formula is C15H16BrN3S. The number of thiophene rings is 1. The molecule has 1 aromatic carbocycles. The summed E-state index contributed by atoms with van der Waals surface area (Å²) in [7, 11) is 0. The molecule has 3 nitrogen and oxygen atoms in total. The van der Waals surface area contributed by atoms with Gasteiger partial charge in [-0.25, -0.2) is 0 Å². The number of halogens is 1. The minimum atomic E-state index is 0.201. The average Bonchev–Trinajstić information content (AvgIpc) is 2.93. The van der Waals surface area contributed by atoms with Gasteiger partial charge in [-0.15, -0.1) is 11.3 Å². The maximum atomic E-state index is 6.10. The molecule has 1 aliphatic rings. The summed E-state index contributed by atoms with van der Waals surface area (Å²) in [6.07, 6.45) is 0. The number of benzene rings is 1. The summed E-state index contributed by atoms with van der Waals surface area (Å²) in [6, 6.07) is 10.8. The second-order valence-electron chi connectivity index (χ2n) is 4.98. The van der Waals surface area contributed by atoms with Crippen molar-refractivity contribution < 1.29 is 0 Å². The third kappa shape index (κ3) is 2.36. The summed E-state index contributed by atoms with van der Waals surface area (Å²) in [4.78, 5) is 9.14. The van der Waals surface area contributed by atoms with Crippen molar-refractivity contribution in [1.82, 2.24) is 0 Å². The Morgan fingerprint density at radius 2 is 2.15 bits per heavy atom. The fourth-order valence-corrected chi connectivity index (χ4v) is 4.09. The molecule has 0 amide bonds. The zero-order valence-electron chi connectivity index (χ0n) is 11.4. The van der Waals surface area contributed by atoms with Gasteiger partial charge in [0.1, 0.15) is 0 Å². The van der Waals surface area contributed by atoms with E-state index >= 15 is 0 Å². The number of rotatable bonds is 2. The first-order chi connectivity index (χ1) is 9.56. The summed E-state index contributed by atoms with van der Waals surface area (Å²) >= 11 is 5.39. The largest absolute Gasteiger partial charge is 0.369 e. The van der Waals surface area contributed by atoms with Gasteiger partial charge in [0.05, 0.1) is 12.6 Å². The lowest BCUT2D eigenvalue weighted by Crippen LogP contribution is -2.35. The van der Waals surface area contributed by atoms with Crippen LogP contribution in [0.2, 0.25) is 0 Å². The fraction of sp³-hybridized carbons (Fsp3) is 0.267. The van der Waals surface area contributed by atoms with Gasteiger partial charge in [0.15, 0.2) is 5.96 Å². The van der Waals surface area contributed by atoms with Crippen molar-refractivity contribution in [3.8, 4) is 0 Å². The molecule has 0 saturated carbocycles. The van der Waals surface area contributed by atoms with E-state index in [0.717, 1.165) is 10.2 Å². The summed E-state index contributed by atoms with van der Waals surface area (Å²) in [5.74, 6) is 0.600. The van der Waals surface area contributed by atoms with Gasteiger partial charge >= 0.3 is 0 Å². The predicted octanol–water partition coefficient (Wildman–Crippen LogP) is 4.00. The molecule has 0 fully saturated rings. The Morgan fingerprint density at radius 3 is 2.80 bits per heavy atom. The third-order valence-electron chi connectivity index (χ3n) is 3.47. The van der Waals surface area contributed by atoms with Crippen LogP contribution < -0.4 is 10.6 Å². The van der Waals surface area contributed by atoms with E-state index in [4.69, 9.17) is 5.73 Å². The number of guanidine groups is 1. The molecule has 1 aliphatic heterocycles. The minimum absolute atomic E-state index is 0.201. The zero-order valence-corrected chi connectivity index (χ0v) is 13.8. The van der Waals surface area contributed by atoms with E-state index in [2.05, 4.69) is 70.0 Å². The number of hydrogen-bond donors (Lipinski definition) is 1. The topological polar surface area (TPSA) is 41.6 Å². The molecule has 0 spiro atoms. The van der Waals surface area contributed by atoms with Gasteiger partial charge in [0.2, 0.25) is 0 Å². The van der Waals surface area contributed by atoms with Crippen molar-refractivity contribution in [2.24, 2.45) is 10.7 Å². The van der Waals surface area contributed by atoms with Crippen molar-refractivity contribution in [2.45, 2.75) is 19.9 Å². The van der Waals surface area contributed by atoms with Crippen LogP contribution >= 0.6 is 27.3 Å². The highest BCUT2D eigenvalue weighted by Gasteiger charge is 2.30. The lowest BCUT2D eigenvalue weighted by atomic mass is 10.1. The van der Waals surface area contributed by atoms with Gasteiger partial charge in [0, 0.05) is 19.9 Å². The molecule has 5 heteroatoms. The molecule has 0 aliphatic carbocycles. The first-order valence-corrected chi connectivity index (χ1v) is 8.09. The van der Waals surface area contributed by atoms with Crippen molar-refractivity contribution in [3.05, 3.63) is 50.1 Å². The number of aryl methyl sites for hydroxylation is 2. The summed E-state index contributed by atoms with van der Waals surface area (Å²) < 4.78 is 1.16. The van der Waals surface area contributed by atoms with Gasteiger partial charge in [-0.3, -0.25) is 4.99 Å². The van der Waals surface area contributed by atoms with Crippen LogP contribution in [-0.4, -0.2) is 12.5 Å². The molecule has 0 bridgehead atoms. The smallest absolute Gasteiger partial charge is 0.196 e. The van der Waals surface area contributed by atoms with Crippen LogP contribution in [0, 0.1) is 13.8 Å². The van der Waals surface area contributed by atoms with Crippen molar-refractivity contribution in [1.29, 1.82) is 0 Å². The van der Waals surface area contributed by atoms with Gasteiger partial charge in [-0.05, 0) is 53.5 Å². The number of nitrogens with two attached hydrogens (primary N) is 1. The van der Waals surface area contributed by atoms with Gasteiger partial charge in [-0.1, -0.05) is 12.1 Å². The summed E-state index contributed by atoms with van der Waals surface area (Å²) in [5, 5.41) is 0. The predicted molar refractivity (Wildman–Crippen MR) is 89.6 cm³/mol. The molecule has 1 atom stereocenters. The average molecular weight is 350 g/mol. The van der Waals surface area contributed by atoms with E-state index in [0.29, 0.717) is 12.5 Å². The number of anilines is 1. The maximum absolute atomic E-state index is 6.10. The lowest BCUT2D eigenvalue weighted by Gasteiger charge is -2.25. The van der Waals surface area contributed by atoms with E-state index in [1.165, 1.54) is 15.3 Å². The standard InChI is InChI=1S/C15H16BrN3S/c1-9-4-3-5-11(6-9)19-13(8-18-15(19)17)14-7-12(16)10(2)20-14/h3-7,13H,8H2,1-2H3,(H2,17,18). The Balaban J connectivity index is 2.00. The van der Waals surface area contributed by atoms with Crippen LogP contribution in [0.15, 0.2) is 39.8 Å². The Labute approximate surface area is 131 Å². The molecule has 1 unspecified atom stereocenters. The van der Waals surface area contributed by atoms with E-state index < -0.39 is 0 Å². The second-order valence-corrected chi connectivity index (χ2v) is 7.12. The first kappa shape index (κ1) is 13.6. The van der Waals surface area contributed by atoms with Gasteiger partial charge in [0.25, 0.3) is 0 Å². The normalized spacial score (nSPS) is 18.4. The summed E-state index contributed by atoms with van der Waals surface area (Å²) in [5.41, 5.74) is 8.44. The number of hydrogen-bond acceptors (Lipinski definition) is 4. The van der Waals surface area contributed by atoms with Crippen molar-refractivity contribution >= 4 is 38.9 Å². The monoisotopic (exact) mass is 349 g/mol. The van der Waals surface area contributed by atoms with E-state index in [1.807, 2.05) is 0 Å². The Bertz CT molecular complexity index is 658. The van der Waals surface area contributed by atoms with Gasteiger partial charge < -0.3 is 10.6 Å². The number of nitrogens with zero attached hydrogens (tertiary/aromatic N) is 2. The molecule has 2 N–H and O–H groups in total. The molecule has 2 heterocycles. The van der Waals surface area contributed by atoms with Crippen molar-refractivity contribution in [3.63, 3.8) is 0 Å². The van der Waals surface area contributed by atoms with Crippen LogP contribution in [0.25, 0.3) is 0 Å². The van der Waals surface area contributed by atoms with Crippen molar-refractivity contribution in [2.75, 3.05) is 11.4 Å². The molecular weight excluding hydrogens is 334 g/mol. The molecule has 3 rings (SSSR count). The zero-order chi connectivity index (χ0) is 14.3. The Kier molecular flexibility index (Phi) is 3.56. The van der Waals surface area contributed by atoms with E-state index in [1.54, 1.807) is 11.3 Å². The molecule has 0 radical (unpaired) electrons. The molecule has 1 aromatic heterocycles. The lowest BCUT2D eigenvalue weighted by molar-refractivity contribution is 0.784. The van der Waals surface area contributed by atoms with Crippen LogP contribution in [0.4, 0.5) is 5.69 Å². The van der Waals surface area contributed by atoms with Gasteiger partial charge in [-0.2, -0.15) is 0 Å². The van der Waals surface area contributed by atoms with E-state index in [9.17, 15) is 0 Å². The molecule has 0 saturated heterocycles. The SMILES string of the molecule is Cc1cccc(N2C(N)=NCC2c2cc(Br)c(C)s2)c1. The van der Waals surface area contributed by atoms with Crippen LogP contribution in [0.1, 0.15) is 21.4 Å². The quantitative estimate of drug-likeness (QED) is 0.889. The first-order valence-electron chi connectivity index (χ1n) is 6.48. The highest BCUT2D eigenvalue weighted by atomic mass is 79.9. The van der Waals surface area contributed by atoms with Crippen LogP contribution in [-0.2, 0) is 0 Å². The van der Waals surface area contributed by atoms with Crippen LogP contribution in [0.3, 0.4) is 0 Å². The minimum Gasteiger partial charge on any atom is -0.369 e. The third-order valence-corrected chi connectivity index (χ3v) is 5.71. The van der Waals surface area contributed by atoms with Crippen LogP contribution in [0.5, 0.6) is 0 Å². The Hall–Kier alpha value is -1.33. The number of aliphatic imine (C=N–C) groups is 1.